The minimum absolute atomic E-state index is 0.621. The van der Waals surface area contributed by atoms with Gasteiger partial charge < -0.3 is 13.7 Å². The molecule has 4 heteroatoms. The molecule has 0 aliphatic heterocycles. The lowest BCUT2D eigenvalue weighted by Crippen LogP contribution is -2.07. The third kappa shape index (κ3) is 3.73. The van der Waals surface area contributed by atoms with Gasteiger partial charge in [0, 0.05) is 32.3 Å². The summed E-state index contributed by atoms with van der Waals surface area (Å²) >= 11 is 0. The molecule has 4 nitrogen and oxygen atoms in total. The van der Waals surface area contributed by atoms with E-state index in [0.717, 1.165) is 60.7 Å². The molecule has 0 saturated carbocycles. The van der Waals surface area contributed by atoms with Crippen LogP contribution >= 0.6 is 0 Å². The van der Waals surface area contributed by atoms with Gasteiger partial charge in [0.05, 0.1) is 50.2 Å². The molecule has 0 saturated heterocycles. The van der Waals surface area contributed by atoms with E-state index in [9.17, 15) is 5.26 Å². The van der Waals surface area contributed by atoms with Gasteiger partial charge in [0.15, 0.2) is 0 Å². The van der Waals surface area contributed by atoms with Crippen molar-refractivity contribution in [2.75, 3.05) is 0 Å². The van der Waals surface area contributed by atoms with Crippen molar-refractivity contribution in [2.24, 2.45) is 0 Å². The van der Waals surface area contributed by atoms with Gasteiger partial charge in [-0.1, -0.05) is 109 Å². The standard InChI is InChI=1S/C45H30N4/c1-28-13-11-19-35-36-20-12-14-29(2)45(36)47(44(28)35)30-25-42(48-38-21-7-3-15-31(38)32-16-4-8-22-39(32)48)37(27-46)43(26-30)49-40-23-9-5-17-33(40)34-18-6-10-24-41(34)49/h3-26H,1-2H3. The molecule has 230 valence electrons. The SMILES string of the molecule is Cc1cccc2c3cccc(C)c3n(-c3cc(-n4c5ccccc5c5ccccc54)c(C#N)c(-n4c5ccccc5c5ccccc54)c3)c12. The fourth-order valence-corrected chi connectivity index (χ4v) is 8.27. The zero-order chi connectivity index (χ0) is 32.8. The molecule has 0 radical (unpaired) electrons. The van der Waals surface area contributed by atoms with Crippen molar-refractivity contribution >= 4 is 65.4 Å². The zero-order valence-corrected chi connectivity index (χ0v) is 27.1. The number of hydrogen-bond acceptors (Lipinski definition) is 1. The summed E-state index contributed by atoms with van der Waals surface area (Å²) in [4.78, 5) is 0. The van der Waals surface area contributed by atoms with E-state index in [1.807, 2.05) is 0 Å². The molecule has 3 heterocycles. The zero-order valence-electron chi connectivity index (χ0n) is 27.1. The van der Waals surface area contributed by atoms with E-state index in [4.69, 9.17) is 0 Å². The van der Waals surface area contributed by atoms with E-state index in [1.54, 1.807) is 0 Å². The number of benzene rings is 7. The van der Waals surface area contributed by atoms with Crippen LogP contribution < -0.4 is 0 Å². The normalized spacial score (nSPS) is 11.9. The van der Waals surface area contributed by atoms with Gasteiger partial charge in [-0.3, -0.25) is 0 Å². The topological polar surface area (TPSA) is 38.6 Å². The lowest BCUT2D eigenvalue weighted by atomic mass is 10.1. The summed E-state index contributed by atoms with van der Waals surface area (Å²) in [5, 5.41) is 18.3. The first-order chi connectivity index (χ1) is 24.1. The van der Waals surface area contributed by atoms with Crippen molar-refractivity contribution in [2.45, 2.75) is 13.8 Å². The Hall–Kier alpha value is -6.57. The molecule has 0 aliphatic carbocycles. The third-order valence-electron chi connectivity index (χ3n) is 10.3. The first kappa shape index (κ1) is 27.5. The summed E-state index contributed by atoms with van der Waals surface area (Å²) < 4.78 is 7.00. The van der Waals surface area contributed by atoms with Crippen LogP contribution in [-0.2, 0) is 0 Å². The van der Waals surface area contributed by atoms with Crippen molar-refractivity contribution in [3.8, 4) is 23.1 Å². The number of nitrogens with zero attached hydrogens (tertiary/aromatic N) is 4. The Bertz CT molecular complexity index is 2730. The van der Waals surface area contributed by atoms with Crippen LogP contribution in [0, 0.1) is 25.2 Å². The molecule has 3 aromatic heterocycles. The van der Waals surface area contributed by atoms with Gasteiger partial charge in [-0.25, -0.2) is 0 Å². The number of fused-ring (bicyclic) bond motifs is 9. The Morgan fingerprint density at radius 3 is 1.12 bits per heavy atom. The first-order valence-corrected chi connectivity index (χ1v) is 16.7. The highest BCUT2D eigenvalue weighted by molar-refractivity contribution is 6.13. The maximum Gasteiger partial charge on any atom is 0.104 e. The van der Waals surface area contributed by atoms with Crippen LogP contribution in [0.5, 0.6) is 0 Å². The monoisotopic (exact) mass is 626 g/mol. The Morgan fingerprint density at radius 2 is 0.755 bits per heavy atom. The van der Waals surface area contributed by atoms with Crippen molar-refractivity contribution < 1.29 is 0 Å². The smallest absolute Gasteiger partial charge is 0.104 e. The van der Waals surface area contributed by atoms with E-state index < -0.39 is 0 Å². The van der Waals surface area contributed by atoms with Crippen molar-refractivity contribution in [3.63, 3.8) is 0 Å². The van der Waals surface area contributed by atoms with Gasteiger partial charge in [-0.15, -0.1) is 0 Å². The maximum atomic E-state index is 11.3. The predicted molar refractivity (Wildman–Crippen MR) is 204 cm³/mol. The third-order valence-corrected chi connectivity index (χ3v) is 10.3. The van der Waals surface area contributed by atoms with E-state index in [1.165, 1.54) is 32.9 Å². The summed E-state index contributed by atoms with van der Waals surface area (Å²) in [6, 6.07) is 54.4. The van der Waals surface area contributed by atoms with Crippen LogP contribution in [0.3, 0.4) is 0 Å². The second kappa shape index (κ2) is 10.2. The van der Waals surface area contributed by atoms with Gasteiger partial charge in [0.1, 0.15) is 11.6 Å². The van der Waals surface area contributed by atoms with E-state index >= 15 is 0 Å². The average Bonchev–Trinajstić information content (AvgIpc) is 3.78. The highest BCUT2D eigenvalue weighted by Gasteiger charge is 2.24. The highest BCUT2D eigenvalue weighted by atomic mass is 15.0. The first-order valence-electron chi connectivity index (χ1n) is 16.7. The van der Waals surface area contributed by atoms with Crippen molar-refractivity contribution in [1.29, 1.82) is 5.26 Å². The fourth-order valence-electron chi connectivity index (χ4n) is 8.27. The van der Waals surface area contributed by atoms with Crippen molar-refractivity contribution in [3.05, 3.63) is 162 Å². The number of aromatic nitrogens is 3. The van der Waals surface area contributed by atoms with E-state index in [-0.39, 0.29) is 0 Å². The molecule has 49 heavy (non-hydrogen) atoms. The number of para-hydroxylation sites is 6. The van der Waals surface area contributed by atoms with Gasteiger partial charge >= 0.3 is 0 Å². The Kier molecular flexibility index (Phi) is 5.74. The number of rotatable bonds is 3. The number of aryl methyl sites for hydroxylation is 2. The Morgan fingerprint density at radius 1 is 0.408 bits per heavy atom. The molecule has 10 rings (SSSR count). The van der Waals surface area contributed by atoms with Gasteiger partial charge in [-0.2, -0.15) is 5.26 Å². The van der Waals surface area contributed by atoms with Gasteiger partial charge in [0.2, 0.25) is 0 Å². The maximum absolute atomic E-state index is 11.3. The molecular weight excluding hydrogens is 597 g/mol. The van der Waals surface area contributed by atoms with Crippen LogP contribution in [-0.4, -0.2) is 13.7 Å². The van der Waals surface area contributed by atoms with Crippen LogP contribution in [0.25, 0.3) is 82.5 Å². The van der Waals surface area contributed by atoms with Crippen LogP contribution in [0.1, 0.15) is 16.7 Å². The van der Waals surface area contributed by atoms with Gasteiger partial charge in [0.25, 0.3) is 0 Å². The molecule has 0 fully saturated rings. The fraction of sp³-hybridized carbons (Fsp3) is 0.0444. The highest BCUT2D eigenvalue weighted by Crippen LogP contribution is 2.41. The molecule has 10 aromatic rings. The van der Waals surface area contributed by atoms with Crippen LogP contribution in [0.4, 0.5) is 0 Å². The van der Waals surface area contributed by atoms with Crippen LogP contribution in [0.15, 0.2) is 146 Å². The lowest BCUT2D eigenvalue weighted by Gasteiger charge is -2.20. The van der Waals surface area contributed by atoms with E-state index in [2.05, 4.69) is 179 Å². The molecule has 0 aliphatic rings. The van der Waals surface area contributed by atoms with Crippen LogP contribution in [0.2, 0.25) is 0 Å². The second-order valence-electron chi connectivity index (χ2n) is 13.0. The predicted octanol–water partition coefficient (Wildman–Crippen LogP) is 11.5. The van der Waals surface area contributed by atoms with Gasteiger partial charge in [-0.05, 0) is 61.4 Å². The molecule has 0 amide bonds. The summed E-state index contributed by atoms with van der Waals surface area (Å²) in [5.41, 5.74) is 12.4. The number of hydrogen-bond donors (Lipinski definition) is 0. The minimum Gasteiger partial charge on any atom is -0.309 e. The molecule has 0 bridgehead atoms. The summed E-state index contributed by atoms with van der Waals surface area (Å²) in [7, 11) is 0. The number of nitriles is 1. The lowest BCUT2D eigenvalue weighted by molar-refractivity contribution is 1.08. The molecule has 0 atom stereocenters. The largest absolute Gasteiger partial charge is 0.309 e. The Balaban J connectivity index is 1.45. The second-order valence-corrected chi connectivity index (χ2v) is 13.0. The molecule has 0 N–H and O–H groups in total. The minimum atomic E-state index is 0.621. The summed E-state index contributed by atoms with van der Waals surface area (Å²) in [5.74, 6) is 0. The molecule has 0 unspecified atom stereocenters. The Labute approximate surface area is 282 Å². The quantitative estimate of drug-likeness (QED) is 0.192. The van der Waals surface area contributed by atoms with Crippen molar-refractivity contribution in [1.82, 2.24) is 13.7 Å². The summed E-state index contributed by atoms with van der Waals surface area (Å²) in [6.45, 7) is 4.39. The molecular formula is C45H30N4. The van der Waals surface area contributed by atoms with E-state index in [0.29, 0.717) is 5.56 Å². The average molecular weight is 627 g/mol. The molecule has 0 spiro atoms. The summed E-state index contributed by atoms with van der Waals surface area (Å²) in [6.07, 6.45) is 0. The molecule has 7 aromatic carbocycles.